The van der Waals surface area contributed by atoms with E-state index in [1.54, 1.807) is 6.07 Å². The van der Waals surface area contributed by atoms with E-state index < -0.39 is 5.97 Å². The average Bonchev–Trinajstić information content (AvgIpc) is 2.61. The van der Waals surface area contributed by atoms with Crippen LogP contribution in [-0.4, -0.2) is 41.8 Å². The van der Waals surface area contributed by atoms with Crippen LogP contribution in [0.2, 0.25) is 0 Å². The number of hydrogen-bond donors (Lipinski definition) is 1. The first kappa shape index (κ1) is 12.5. The first-order valence-electron chi connectivity index (χ1n) is 5.73. The average molecular weight is 255 g/mol. The van der Waals surface area contributed by atoms with E-state index in [2.05, 4.69) is 11.8 Å². The number of carboxylic acids is 1. The van der Waals surface area contributed by atoms with Gasteiger partial charge in [-0.15, -0.1) is 11.3 Å². The van der Waals surface area contributed by atoms with Gasteiger partial charge in [0.25, 0.3) is 0 Å². The molecule has 94 valence electrons. The SMILES string of the molecule is Cc1sc(C(=O)O)cc1CN1CCOC(C)C1. The van der Waals surface area contributed by atoms with Crippen molar-refractivity contribution in [3.05, 3.63) is 21.4 Å². The molecule has 1 aromatic rings. The Balaban J connectivity index is 2.05. The lowest BCUT2D eigenvalue weighted by Gasteiger charge is -2.30. The maximum absolute atomic E-state index is 10.9. The van der Waals surface area contributed by atoms with E-state index in [9.17, 15) is 4.79 Å². The number of rotatable bonds is 3. The van der Waals surface area contributed by atoms with Gasteiger partial charge in [0.2, 0.25) is 0 Å². The number of nitrogens with zero attached hydrogens (tertiary/aromatic N) is 1. The molecule has 2 rings (SSSR count). The fourth-order valence-corrected chi connectivity index (χ4v) is 2.93. The Morgan fingerprint density at radius 3 is 3.06 bits per heavy atom. The fourth-order valence-electron chi connectivity index (χ4n) is 2.06. The molecule has 1 saturated heterocycles. The van der Waals surface area contributed by atoms with Gasteiger partial charge < -0.3 is 9.84 Å². The molecule has 1 unspecified atom stereocenters. The molecular weight excluding hydrogens is 238 g/mol. The monoisotopic (exact) mass is 255 g/mol. The van der Waals surface area contributed by atoms with Gasteiger partial charge in [0.05, 0.1) is 12.7 Å². The van der Waals surface area contributed by atoms with Crippen molar-refractivity contribution in [3.8, 4) is 0 Å². The van der Waals surface area contributed by atoms with Crippen molar-refractivity contribution in [2.75, 3.05) is 19.7 Å². The molecule has 1 aliphatic heterocycles. The highest BCUT2D eigenvalue weighted by molar-refractivity contribution is 7.14. The molecule has 1 N–H and O–H groups in total. The molecule has 0 spiro atoms. The number of ether oxygens (including phenoxy) is 1. The topological polar surface area (TPSA) is 49.8 Å². The van der Waals surface area contributed by atoms with E-state index in [0.717, 1.165) is 36.7 Å². The second kappa shape index (κ2) is 5.16. The van der Waals surface area contributed by atoms with Crippen LogP contribution in [0.1, 0.15) is 27.0 Å². The van der Waals surface area contributed by atoms with Gasteiger partial charge >= 0.3 is 5.97 Å². The molecule has 5 heteroatoms. The van der Waals surface area contributed by atoms with Gasteiger partial charge in [-0.1, -0.05) is 0 Å². The summed E-state index contributed by atoms with van der Waals surface area (Å²) < 4.78 is 5.49. The van der Waals surface area contributed by atoms with Crippen molar-refractivity contribution >= 4 is 17.3 Å². The maximum Gasteiger partial charge on any atom is 0.345 e. The molecule has 1 aliphatic rings. The molecular formula is C12H17NO3S. The lowest BCUT2D eigenvalue weighted by atomic mass is 10.2. The number of hydrogen-bond acceptors (Lipinski definition) is 4. The number of aromatic carboxylic acids is 1. The van der Waals surface area contributed by atoms with Crippen LogP contribution < -0.4 is 0 Å². The highest BCUT2D eigenvalue weighted by Crippen LogP contribution is 2.23. The number of carbonyl (C=O) groups is 1. The van der Waals surface area contributed by atoms with Gasteiger partial charge in [0.1, 0.15) is 4.88 Å². The Morgan fingerprint density at radius 2 is 2.47 bits per heavy atom. The third-order valence-corrected chi connectivity index (χ3v) is 4.03. The van der Waals surface area contributed by atoms with Crippen molar-refractivity contribution in [2.45, 2.75) is 26.5 Å². The minimum atomic E-state index is -0.834. The normalized spacial score (nSPS) is 21.6. The second-order valence-corrected chi connectivity index (χ2v) is 5.67. The molecule has 0 bridgehead atoms. The molecule has 0 aromatic carbocycles. The van der Waals surface area contributed by atoms with E-state index in [1.807, 2.05) is 6.92 Å². The Hall–Kier alpha value is -0.910. The van der Waals surface area contributed by atoms with E-state index >= 15 is 0 Å². The van der Waals surface area contributed by atoms with Crippen molar-refractivity contribution in [1.29, 1.82) is 0 Å². The number of thiophene rings is 1. The van der Waals surface area contributed by atoms with Crippen molar-refractivity contribution < 1.29 is 14.6 Å². The Morgan fingerprint density at radius 1 is 1.71 bits per heavy atom. The highest BCUT2D eigenvalue weighted by Gasteiger charge is 2.19. The minimum Gasteiger partial charge on any atom is -0.477 e. The summed E-state index contributed by atoms with van der Waals surface area (Å²) in [5.74, 6) is -0.834. The van der Waals surface area contributed by atoms with Crippen LogP contribution in [0.15, 0.2) is 6.07 Å². The standard InChI is InChI=1S/C12H17NO3S/c1-8-6-13(3-4-16-8)7-10-5-11(12(14)15)17-9(10)2/h5,8H,3-4,6-7H2,1-2H3,(H,14,15). The van der Waals surface area contributed by atoms with Gasteiger partial charge in [-0.05, 0) is 25.5 Å². The number of morpholine rings is 1. The summed E-state index contributed by atoms with van der Waals surface area (Å²) in [6, 6.07) is 1.79. The summed E-state index contributed by atoms with van der Waals surface area (Å²) >= 11 is 1.35. The fraction of sp³-hybridized carbons (Fsp3) is 0.583. The van der Waals surface area contributed by atoms with E-state index in [1.165, 1.54) is 11.3 Å². The minimum absolute atomic E-state index is 0.265. The summed E-state index contributed by atoms with van der Waals surface area (Å²) in [7, 11) is 0. The predicted molar refractivity (Wildman–Crippen MR) is 66.7 cm³/mol. The van der Waals surface area contributed by atoms with Crippen LogP contribution in [0.4, 0.5) is 0 Å². The summed E-state index contributed by atoms with van der Waals surface area (Å²) in [4.78, 5) is 14.7. The zero-order valence-electron chi connectivity index (χ0n) is 10.1. The van der Waals surface area contributed by atoms with Crippen LogP contribution in [0.25, 0.3) is 0 Å². The lowest BCUT2D eigenvalue weighted by Crippen LogP contribution is -2.40. The number of aryl methyl sites for hydroxylation is 1. The van der Waals surface area contributed by atoms with Crippen LogP contribution in [0.3, 0.4) is 0 Å². The molecule has 0 aliphatic carbocycles. The van der Waals surface area contributed by atoms with Gasteiger partial charge in [-0.2, -0.15) is 0 Å². The van der Waals surface area contributed by atoms with Crippen molar-refractivity contribution in [1.82, 2.24) is 4.90 Å². The molecule has 17 heavy (non-hydrogen) atoms. The number of carboxylic acid groups (broad SMARTS) is 1. The van der Waals surface area contributed by atoms with Crippen LogP contribution in [0, 0.1) is 6.92 Å². The molecule has 4 nitrogen and oxygen atoms in total. The summed E-state index contributed by atoms with van der Waals surface area (Å²) in [5, 5.41) is 8.95. The van der Waals surface area contributed by atoms with Gasteiger partial charge in [-0.25, -0.2) is 4.79 Å². The van der Waals surface area contributed by atoms with E-state index in [-0.39, 0.29) is 6.10 Å². The van der Waals surface area contributed by atoms with E-state index in [0.29, 0.717) is 4.88 Å². The summed E-state index contributed by atoms with van der Waals surface area (Å²) in [6.07, 6.45) is 0.265. The maximum atomic E-state index is 10.9. The molecule has 0 radical (unpaired) electrons. The molecule has 1 fully saturated rings. The zero-order chi connectivity index (χ0) is 12.4. The first-order valence-corrected chi connectivity index (χ1v) is 6.54. The van der Waals surface area contributed by atoms with Crippen LogP contribution in [-0.2, 0) is 11.3 Å². The first-order chi connectivity index (χ1) is 8.06. The van der Waals surface area contributed by atoms with Crippen molar-refractivity contribution in [2.24, 2.45) is 0 Å². The van der Waals surface area contributed by atoms with Gasteiger partial charge in [0.15, 0.2) is 0 Å². The molecule has 0 amide bonds. The van der Waals surface area contributed by atoms with Crippen molar-refractivity contribution in [3.63, 3.8) is 0 Å². The van der Waals surface area contributed by atoms with Gasteiger partial charge in [-0.3, -0.25) is 4.90 Å². The smallest absolute Gasteiger partial charge is 0.345 e. The lowest BCUT2D eigenvalue weighted by molar-refractivity contribution is -0.0212. The molecule has 1 atom stereocenters. The Kier molecular flexibility index (Phi) is 3.81. The summed E-state index contributed by atoms with van der Waals surface area (Å²) in [5.41, 5.74) is 1.13. The third-order valence-electron chi connectivity index (χ3n) is 2.95. The van der Waals surface area contributed by atoms with Gasteiger partial charge in [0, 0.05) is 24.5 Å². The zero-order valence-corrected chi connectivity index (χ0v) is 10.9. The largest absolute Gasteiger partial charge is 0.477 e. The summed E-state index contributed by atoms with van der Waals surface area (Å²) in [6.45, 7) is 7.46. The molecule has 1 aromatic heterocycles. The third kappa shape index (κ3) is 3.06. The second-order valence-electron chi connectivity index (χ2n) is 4.41. The quantitative estimate of drug-likeness (QED) is 0.897. The highest BCUT2D eigenvalue weighted by atomic mass is 32.1. The Bertz CT molecular complexity index is 416. The van der Waals surface area contributed by atoms with E-state index in [4.69, 9.17) is 9.84 Å². The Labute approximate surface area is 105 Å². The van der Waals surface area contributed by atoms with Crippen LogP contribution >= 0.6 is 11.3 Å². The van der Waals surface area contributed by atoms with Crippen LogP contribution in [0.5, 0.6) is 0 Å². The predicted octanol–water partition coefficient (Wildman–Crippen LogP) is 1.98. The molecule has 0 saturated carbocycles. The molecule has 2 heterocycles.